The molecule has 3 rings (SSSR count). The van der Waals surface area contributed by atoms with E-state index in [1.165, 1.54) is 17.5 Å². The van der Waals surface area contributed by atoms with Crippen molar-refractivity contribution in [3.8, 4) is 0 Å². The Kier molecular flexibility index (Phi) is 5.14. The summed E-state index contributed by atoms with van der Waals surface area (Å²) in [5, 5.41) is 6.30. The average molecular weight is 323 g/mol. The summed E-state index contributed by atoms with van der Waals surface area (Å²) in [6.45, 7) is 4.17. The number of amides is 1. The number of anilines is 3. The number of carbonyl (C=O) groups excluding carboxylic acids is 1. The number of nitrogens with one attached hydrogen (secondary N) is 2. The summed E-state index contributed by atoms with van der Waals surface area (Å²) >= 11 is 0. The first-order valence-corrected chi connectivity index (χ1v) is 8.72. The fourth-order valence-corrected chi connectivity index (χ4v) is 3.35. The van der Waals surface area contributed by atoms with Crippen LogP contribution in [0.5, 0.6) is 0 Å². The van der Waals surface area contributed by atoms with Crippen molar-refractivity contribution in [1.82, 2.24) is 4.98 Å². The number of hydrogen-bond donors (Lipinski definition) is 2. The Hall–Kier alpha value is -2.36. The maximum Gasteiger partial charge on any atom is 0.228 e. The van der Waals surface area contributed by atoms with E-state index in [-0.39, 0.29) is 11.8 Å². The van der Waals surface area contributed by atoms with E-state index in [0.29, 0.717) is 5.82 Å². The van der Waals surface area contributed by atoms with E-state index in [9.17, 15) is 4.79 Å². The lowest BCUT2D eigenvalue weighted by Gasteiger charge is -2.20. The fourth-order valence-electron chi connectivity index (χ4n) is 3.35. The highest BCUT2D eigenvalue weighted by molar-refractivity contribution is 5.91. The van der Waals surface area contributed by atoms with Gasteiger partial charge in [-0.15, -0.1) is 0 Å². The zero-order valence-corrected chi connectivity index (χ0v) is 14.4. The highest BCUT2D eigenvalue weighted by Gasteiger charge is 2.21. The molecule has 1 aliphatic rings. The Morgan fingerprint density at radius 2 is 1.71 bits per heavy atom. The van der Waals surface area contributed by atoms with Gasteiger partial charge in [-0.3, -0.25) is 4.79 Å². The average Bonchev–Trinajstić information content (AvgIpc) is 2.56. The van der Waals surface area contributed by atoms with Crippen molar-refractivity contribution >= 4 is 23.1 Å². The summed E-state index contributed by atoms with van der Waals surface area (Å²) in [6.07, 6.45) is 7.32. The summed E-state index contributed by atoms with van der Waals surface area (Å²) in [5.41, 5.74) is 4.41. The van der Waals surface area contributed by atoms with Gasteiger partial charge in [0.2, 0.25) is 5.91 Å². The van der Waals surface area contributed by atoms with Crippen LogP contribution >= 0.6 is 0 Å². The third-order valence-corrected chi connectivity index (χ3v) is 4.50. The molecule has 4 nitrogen and oxygen atoms in total. The van der Waals surface area contributed by atoms with Gasteiger partial charge in [-0.1, -0.05) is 25.3 Å². The van der Waals surface area contributed by atoms with Gasteiger partial charge >= 0.3 is 0 Å². The van der Waals surface area contributed by atoms with Crippen molar-refractivity contribution in [3.63, 3.8) is 0 Å². The van der Waals surface area contributed by atoms with E-state index in [1.807, 2.05) is 12.1 Å². The largest absolute Gasteiger partial charge is 0.354 e. The molecule has 2 N–H and O–H groups in total. The van der Waals surface area contributed by atoms with Gasteiger partial charge < -0.3 is 10.6 Å². The van der Waals surface area contributed by atoms with E-state index in [1.54, 1.807) is 6.20 Å². The highest BCUT2D eigenvalue weighted by Crippen LogP contribution is 2.25. The molecule has 0 radical (unpaired) electrons. The maximum atomic E-state index is 12.3. The predicted molar refractivity (Wildman–Crippen MR) is 98.6 cm³/mol. The van der Waals surface area contributed by atoms with Gasteiger partial charge in [0, 0.05) is 11.6 Å². The topological polar surface area (TPSA) is 54.0 Å². The number of pyridine rings is 1. The normalized spacial score (nSPS) is 15.1. The van der Waals surface area contributed by atoms with Crippen LogP contribution in [0.3, 0.4) is 0 Å². The van der Waals surface area contributed by atoms with Crippen LogP contribution in [0.1, 0.15) is 43.2 Å². The molecule has 0 unspecified atom stereocenters. The molecule has 1 aliphatic carbocycles. The molecule has 0 aliphatic heterocycles. The lowest BCUT2D eigenvalue weighted by atomic mass is 9.89. The zero-order valence-electron chi connectivity index (χ0n) is 14.4. The summed E-state index contributed by atoms with van der Waals surface area (Å²) in [4.78, 5) is 16.6. The minimum absolute atomic E-state index is 0.109. The van der Waals surface area contributed by atoms with Crippen molar-refractivity contribution in [1.29, 1.82) is 0 Å². The summed E-state index contributed by atoms with van der Waals surface area (Å²) < 4.78 is 0. The fraction of sp³-hybridized carbons (Fsp3) is 0.400. The van der Waals surface area contributed by atoms with Crippen LogP contribution < -0.4 is 10.6 Å². The van der Waals surface area contributed by atoms with Crippen LogP contribution in [0, 0.1) is 19.8 Å². The summed E-state index contributed by atoms with van der Waals surface area (Å²) in [5.74, 6) is 0.877. The standard InChI is InChI=1S/C20H25N3O/c1-14-10-15(2)12-18(11-14)22-17-8-9-19(21-13-17)23-20(24)16-6-4-3-5-7-16/h8-13,16,22H,3-7H2,1-2H3,(H,21,23,24). The Morgan fingerprint density at radius 1 is 1.00 bits per heavy atom. The molecule has 1 aromatic heterocycles. The van der Waals surface area contributed by atoms with E-state index in [4.69, 9.17) is 0 Å². The Labute approximate surface area is 143 Å². The van der Waals surface area contributed by atoms with E-state index in [0.717, 1.165) is 37.1 Å². The molecule has 0 atom stereocenters. The molecule has 1 aromatic carbocycles. The van der Waals surface area contributed by atoms with Gasteiger partial charge in [-0.05, 0) is 62.1 Å². The monoisotopic (exact) mass is 323 g/mol. The van der Waals surface area contributed by atoms with Crippen LogP contribution in [0.15, 0.2) is 36.5 Å². The first kappa shape index (κ1) is 16.5. The second-order valence-corrected chi connectivity index (χ2v) is 6.76. The number of aromatic nitrogens is 1. The van der Waals surface area contributed by atoms with Gasteiger partial charge in [0.25, 0.3) is 0 Å². The van der Waals surface area contributed by atoms with Crippen molar-refractivity contribution in [2.24, 2.45) is 5.92 Å². The smallest absolute Gasteiger partial charge is 0.228 e. The number of carbonyl (C=O) groups is 1. The lowest BCUT2D eigenvalue weighted by molar-refractivity contribution is -0.120. The predicted octanol–water partition coefficient (Wildman–Crippen LogP) is 4.96. The second-order valence-electron chi connectivity index (χ2n) is 6.76. The molecule has 0 bridgehead atoms. The van der Waals surface area contributed by atoms with Crippen LogP contribution in [0.2, 0.25) is 0 Å². The molecule has 1 saturated carbocycles. The van der Waals surface area contributed by atoms with E-state index in [2.05, 4.69) is 47.7 Å². The molecule has 1 heterocycles. The maximum absolute atomic E-state index is 12.3. The third-order valence-electron chi connectivity index (χ3n) is 4.50. The molecule has 24 heavy (non-hydrogen) atoms. The van der Waals surface area contributed by atoms with Gasteiger partial charge in [-0.25, -0.2) is 4.98 Å². The minimum atomic E-state index is 0.109. The number of benzene rings is 1. The summed E-state index contributed by atoms with van der Waals surface area (Å²) in [6, 6.07) is 10.2. The molecule has 1 fully saturated rings. The number of aryl methyl sites for hydroxylation is 2. The molecule has 0 spiro atoms. The number of nitrogens with zero attached hydrogens (tertiary/aromatic N) is 1. The Morgan fingerprint density at radius 3 is 2.33 bits per heavy atom. The van der Waals surface area contributed by atoms with E-state index >= 15 is 0 Å². The Bertz CT molecular complexity index is 683. The SMILES string of the molecule is Cc1cc(C)cc(Nc2ccc(NC(=O)C3CCCCC3)nc2)c1. The second kappa shape index (κ2) is 7.47. The molecule has 4 heteroatoms. The zero-order chi connectivity index (χ0) is 16.9. The van der Waals surface area contributed by atoms with Crippen LogP contribution in [0.25, 0.3) is 0 Å². The van der Waals surface area contributed by atoms with Gasteiger partial charge in [-0.2, -0.15) is 0 Å². The Balaban J connectivity index is 1.61. The molecular weight excluding hydrogens is 298 g/mol. The van der Waals surface area contributed by atoms with Crippen molar-refractivity contribution in [2.45, 2.75) is 46.0 Å². The van der Waals surface area contributed by atoms with Gasteiger partial charge in [0.1, 0.15) is 5.82 Å². The lowest BCUT2D eigenvalue weighted by Crippen LogP contribution is -2.25. The number of hydrogen-bond acceptors (Lipinski definition) is 3. The third kappa shape index (κ3) is 4.34. The minimum Gasteiger partial charge on any atom is -0.354 e. The van der Waals surface area contributed by atoms with Crippen LogP contribution in [-0.4, -0.2) is 10.9 Å². The van der Waals surface area contributed by atoms with E-state index < -0.39 is 0 Å². The van der Waals surface area contributed by atoms with Crippen LogP contribution in [0.4, 0.5) is 17.2 Å². The van der Waals surface area contributed by atoms with Gasteiger partial charge in [0.05, 0.1) is 11.9 Å². The molecule has 126 valence electrons. The number of rotatable bonds is 4. The first-order valence-electron chi connectivity index (χ1n) is 8.72. The highest BCUT2D eigenvalue weighted by atomic mass is 16.1. The molecule has 2 aromatic rings. The molecule has 0 saturated heterocycles. The van der Waals surface area contributed by atoms with Crippen molar-refractivity contribution in [3.05, 3.63) is 47.7 Å². The summed E-state index contributed by atoms with van der Waals surface area (Å²) in [7, 11) is 0. The van der Waals surface area contributed by atoms with Crippen molar-refractivity contribution in [2.75, 3.05) is 10.6 Å². The van der Waals surface area contributed by atoms with Gasteiger partial charge in [0.15, 0.2) is 0 Å². The van der Waals surface area contributed by atoms with Crippen LogP contribution in [-0.2, 0) is 4.79 Å². The molecule has 1 amide bonds. The first-order chi connectivity index (χ1) is 11.6. The van der Waals surface area contributed by atoms with Crippen molar-refractivity contribution < 1.29 is 4.79 Å². The molecular formula is C20H25N3O. The quantitative estimate of drug-likeness (QED) is 0.836.